The van der Waals surface area contributed by atoms with E-state index in [1.165, 1.54) is 0 Å². The van der Waals surface area contributed by atoms with Crippen LogP contribution in [0.5, 0.6) is 0 Å². The van der Waals surface area contributed by atoms with Gasteiger partial charge in [0, 0.05) is 6.61 Å². The van der Waals surface area contributed by atoms with Crippen LogP contribution in [0.25, 0.3) is 0 Å². The minimum Gasteiger partial charge on any atom is -0.379 e. The molecule has 1 rings (SSSR count). The van der Waals surface area contributed by atoms with Gasteiger partial charge in [0.05, 0.1) is 26.1 Å². The van der Waals surface area contributed by atoms with Gasteiger partial charge in [-0.25, -0.2) is 0 Å². The normalized spacial score (nSPS) is 24.1. The van der Waals surface area contributed by atoms with E-state index in [0.29, 0.717) is 26.2 Å². The molecule has 0 aromatic carbocycles. The first-order chi connectivity index (χ1) is 7.79. The van der Waals surface area contributed by atoms with E-state index in [4.69, 9.17) is 14.2 Å². The Labute approximate surface area is 102 Å². The third-order valence-corrected chi connectivity index (χ3v) is 2.70. The van der Waals surface area contributed by atoms with Gasteiger partial charge in [-0.15, -0.1) is 0 Å². The molecule has 1 atom stereocenters. The second-order valence-electron chi connectivity index (χ2n) is 4.41. The molecule has 17 heavy (non-hydrogen) atoms. The molecular formula is C10H20O6S. The van der Waals surface area contributed by atoms with Crippen LogP contribution >= 0.6 is 0 Å². The molecule has 0 spiro atoms. The second-order valence-corrected chi connectivity index (χ2v) is 6.05. The highest BCUT2D eigenvalue weighted by Gasteiger charge is 2.32. The van der Waals surface area contributed by atoms with E-state index >= 15 is 0 Å². The summed E-state index contributed by atoms with van der Waals surface area (Å²) in [4.78, 5) is 0. The van der Waals surface area contributed by atoms with Crippen LogP contribution in [0.2, 0.25) is 0 Å². The second kappa shape index (κ2) is 6.10. The van der Waals surface area contributed by atoms with Gasteiger partial charge in [0.15, 0.2) is 5.79 Å². The molecule has 1 aliphatic heterocycles. The lowest BCUT2D eigenvalue weighted by Gasteiger charge is -2.17. The van der Waals surface area contributed by atoms with Crippen molar-refractivity contribution in [2.45, 2.75) is 32.2 Å². The van der Waals surface area contributed by atoms with Crippen molar-refractivity contribution >= 4 is 10.1 Å². The quantitative estimate of drug-likeness (QED) is 0.495. The number of hydrogen-bond acceptors (Lipinski definition) is 6. The fourth-order valence-electron chi connectivity index (χ4n) is 1.43. The van der Waals surface area contributed by atoms with Crippen LogP contribution in [-0.4, -0.2) is 53.0 Å². The molecule has 0 aromatic heterocycles. The highest BCUT2D eigenvalue weighted by molar-refractivity contribution is 7.85. The third-order valence-electron chi connectivity index (χ3n) is 2.10. The third kappa shape index (κ3) is 6.95. The molecule has 0 N–H and O–H groups in total. The summed E-state index contributed by atoms with van der Waals surface area (Å²) in [6.07, 6.45) is 1.50. The first-order valence-corrected chi connectivity index (χ1v) is 7.34. The summed E-state index contributed by atoms with van der Waals surface area (Å²) >= 11 is 0. The highest BCUT2D eigenvalue weighted by atomic mass is 32.2. The zero-order valence-electron chi connectivity index (χ0n) is 10.5. The Morgan fingerprint density at radius 1 is 1.35 bits per heavy atom. The number of ether oxygens (including phenoxy) is 3. The Bertz CT molecular complexity index is 324. The van der Waals surface area contributed by atoms with E-state index in [1.807, 2.05) is 13.8 Å². The van der Waals surface area contributed by atoms with Gasteiger partial charge in [-0.1, -0.05) is 0 Å². The molecule has 1 heterocycles. The van der Waals surface area contributed by atoms with Crippen LogP contribution < -0.4 is 0 Å². The van der Waals surface area contributed by atoms with Crippen molar-refractivity contribution in [3.8, 4) is 0 Å². The molecule has 0 unspecified atom stereocenters. The molecule has 0 saturated carbocycles. The van der Waals surface area contributed by atoms with E-state index in [9.17, 15) is 8.42 Å². The minimum atomic E-state index is -3.34. The molecule has 1 fully saturated rings. The van der Waals surface area contributed by atoms with Gasteiger partial charge in [-0.2, -0.15) is 8.42 Å². The van der Waals surface area contributed by atoms with Gasteiger partial charge in [0.1, 0.15) is 6.10 Å². The number of hydrogen-bond donors (Lipinski definition) is 0. The van der Waals surface area contributed by atoms with Crippen molar-refractivity contribution in [1.29, 1.82) is 0 Å². The first-order valence-electron chi connectivity index (χ1n) is 5.52. The van der Waals surface area contributed by atoms with Crippen LogP contribution in [0.4, 0.5) is 0 Å². The van der Waals surface area contributed by atoms with Crippen molar-refractivity contribution in [3.63, 3.8) is 0 Å². The predicted molar refractivity (Wildman–Crippen MR) is 61.1 cm³/mol. The molecular weight excluding hydrogens is 248 g/mol. The van der Waals surface area contributed by atoms with E-state index in [-0.39, 0.29) is 12.7 Å². The molecule has 1 aliphatic rings. The average molecular weight is 268 g/mol. The van der Waals surface area contributed by atoms with Crippen LogP contribution in [0.1, 0.15) is 20.3 Å². The first kappa shape index (κ1) is 14.8. The van der Waals surface area contributed by atoms with Crippen molar-refractivity contribution in [3.05, 3.63) is 0 Å². The van der Waals surface area contributed by atoms with Gasteiger partial charge < -0.3 is 14.2 Å². The van der Waals surface area contributed by atoms with E-state index < -0.39 is 15.9 Å². The van der Waals surface area contributed by atoms with Gasteiger partial charge in [0.25, 0.3) is 10.1 Å². The van der Waals surface area contributed by atoms with Crippen LogP contribution in [0.3, 0.4) is 0 Å². The predicted octanol–water partition coefficient (Wildman–Crippen LogP) is 0.521. The zero-order valence-corrected chi connectivity index (χ0v) is 11.3. The monoisotopic (exact) mass is 268 g/mol. The Morgan fingerprint density at radius 3 is 2.59 bits per heavy atom. The lowest BCUT2D eigenvalue weighted by atomic mass is 10.4. The maximum atomic E-state index is 10.6. The van der Waals surface area contributed by atoms with Crippen molar-refractivity contribution in [1.82, 2.24) is 0 Å². The van der Waals surface area contributed by atoms with E-state index in [2.05, 4.69) is 4.18 Å². The summed E-state index contributed by atoms with van der Waals surface area (Å²) in [5, 5.41) is 0. The van der Waals surface area contributed by atoms with E-state index in [0.717, 1.165) is 6.26 Å². The molecule has 7 heteroatoms. The van der Waals surface area contributed by atoms with Crippen molar-refractivity contribution < 1.29 is 26.8 Å². The van der Waals surface area contributed by atoms with Crippen molar-refractivity contribution in [2.24, 2.45) is 0 Å². The van der Waals surface area contributed by atoms with Crippen LogP contribution in [0, 0.1) is 0 Å². The van der Waals surface area contributed by atoms with Gasteiger partial charge in [-0.3, -0.25) is 4.18 Å². The van der Waals surface area contributed by atoms with Gasteiger partial charge in [-0.05, 0) is 20.3 Å². The Kier molecular flexibility index (Phi) is 5.33. The molecule has 1 saturated heterocycles. The number of rotatable bonds is 7. The molecule has 0 bridgehead atoms. The Hall–Kier alpha value is -0.210. The summed E-state index contributed by atoms with van der Waals surface area (Å²) < 4.78 is 42.1. The standard InChI is InChI=1S/C10H20O6S/c1-10(2)14-8-9(16-10)7-13-5-4-6-15-17(3,11)12/h9H,4-8H2,1-3H3/t9-/m0/s1. The average Bonchev–Trinajstić information content (AvgIpc) is 2.50. The molecule has 0 aromatic rings. The summed E-state index contributed by atoms with van der Waals surface area (Å²) in [6.45, 7) is 5.26. The molecule has 102 valence electrons. The van der Waals surface area contributed by atoms with Crippen LogP contribution in [-0.2, 0) is 28.5 Å². The largest absolute Gasteiger partial charge is 0.379 e. The fraction of sp³-hybridized carbons (Fsp3) is 1.00. The smallest absolute Gasteiger partial charge is 0.264 e. The van der Waals surface area contributed by atoms with E-state index in [1.54, 1.807) is 0 Å². The lowest BCUT2D eigenvalue weighted by Crippen LogP contribution is -2.24. The zero-order chi connectivity index (χ0) is 12.9. The fourth-order valence-corrected chi connectivity index (χ4v) is 1.85. The topological polar surface area (TPSA) is 71.1 Å². The summed E-state index contributed by atoms with van der Waals surface area (Å²) in [5.74, 6) is -0.534. The van der Waals surface area contributed by atoms with Crippen molar-refractivity contribution in [2.75, 3.05) is 32.7 Å². The Balaban J connectivity index is 1.99. The summed E-state index contributed by atoms with van der Waals surface area (Å²) in [5.41, 5.74) is 0. The SMILES string of the molecule is CC1(C)OC[C@H](COCCCOS(C)(=O)=O)O1. The molecule has 0 aliphatic carbocycles. The van der Waals surface area contributed by atoms with Gasteiger partial charge in [0.2, 0.25) is 0 Å². The van der Waals surface area contributed by atoms with Crippen LogP contribution in [0.15, 0.2) is 0 Å². The maximum absolute atomic E-state index is 10.6. The highest BCUT2D eigenvalue weighted by Crippen LogP contribution is 2.22. The Morgan fingerprint density at radius 2 is 2.06 bits per heavy atom. The molecule has 0 amide bonds. The lowest BCUT2D eigenvalue weighted by molar-refractivity contribution is -0.145. The maximum Gasteiger partial charge on any atom is 0.264 e. The van der Waals surface area contributed by atoms with Gasteiger partial charge >= 0.3 is 0 Å². The summed E-state index contributed by atoms with van der Waals surface area (Å²) in [7, 11) is -3.34. The molecule has 0 radical (unpaired) electrons. The summed E-state index contributed by atoms with van der Waals surface area (Å²) in [6, 6.07) is 0. The molecule has 6 nitrogen and oxygen atoms in total. The minimum absolute atomic E-state index is 0.0548.